The van der Waals surface area contributed by atoms with E-state index in [9.17, 15) is 9.90 Å². The summed E-state index contributed by atoms with van der Waals surface area (Å²) in [5.74, 6) is 0.00394. The minimum Gasteiger partial charge on any atom is -0.394 e. The first-order valence-electron chi connectivity index (χ1n) is 6.65. The molecule has 1 amide bonds. The Kier molecular flexibility index (Phi) is 5.56. The molecule has 1 atom stereocenters. The van der Waals surface area contributed by atoms with Crippen LogP contribution < -0.4 is 10.6 Å². The van der Waals surface area contributed by atoms with E-state index in [-0.39, 0.29) is 12.5 Å². The first-order valence-corrected chi connectivity index (χ1v) is 6.65. The van der Waals surface area contributed by atoms with Crippen molar-refractivity contribution in [1.82, 2.24) is 10.6 Å². The Morgan fingerprint density at radius 1 is 1.50 bits per heavy atom. The molecule has 0 saturated carbocycles. The molecule has 18 heavy (non-hydrogen) atoms. The van der Waals surface area contributed by atoms with Crippen LogP contribution in [0.15, 0.2) is 0 Å². The second-order valence-electron chi connectivity index (χ2n) is 5.49. The summed E-state index contributed by atoms with van der Waals surface area (Å²) in [6.45, 7) is 5.88. The predicted octanol–water partition coefficient (Wildman–Crippen LogP) is 0.280. The van der Waals surface area contributed by atoms with E-state index in [1.165, 1.54) is 0 Å². The summed E-state index contributed by atoms with van der Waals surface area (Å²) in [5.41, 5.74) is -0.992. The molecule has 106 valence electrons. The molecule has 1 heterocycles. The topological polar surface area (TPSA) is 70.6 Å². The number of methoxy groups -OCH3 is 1. The van der Waals surface area contributed by atoms with E-state index in [1.54, 1.807) is 7.11 Å². The minimum absolute atomic E-state index is 0.00394. The Balaban J connectivity index is 2.76. The maximum atomic E-state index is 12.5. The average molecular weight is 258 g/mol. The minimum atomic E-state index is -0.539. The van der Waals surface area contributed by atoms with Crippen LogP contribution in [-0.4, -0.2) is 50.0 Å². The third-order valence-corrected chi connectivity index (χ3v) is 4.01. The molecular weight excluding hydrogens is 232 g/mol. The van der Waals surface area contributed by atoms with E-state index in [0.29, 0.717) is 13.0 Å². The van der Waals surface area contributed by atoms with Crippen molar-refractivity contribution in [3.8, 4) is 0 Å². The highest BCUT2D eigenvalue weighted by Crippen LogP contribution is 2.30. The average Bonchev–Trinajstić information content (AvgIpc) is 2.40. The number of hydrogen-bond acceptors (Lipinski definition) is 4. The summed E-state index contributed by atoms with van der Waals surface area (Å²) >= 11 is 0. The second kappa shape index (κ2) is 6.50. The monoisotopic (exact) mass is 258 g/mol. The predicted molar refractivity (Wildman–Crippen MR) is 70.3 cm³/mol. The highest BCUT2D eigenvalue weighted by Gasteiger charge is 2.41. The largest absolute Gasteiger partial charge is 0.394 e. The molecule has 0 aromatic heterocycles. The molecule has 5 nitrogen and oxygen atoms in total. The number of aliphatic hydroxyl groups excluding tert-OH is 1. The zero-order chi connectivity index (χ0) is 13.6. The molecule has 1 aliphatic heterocycles. The Morgan fingerprint density at radius 3 is 2.56 bits per heavy atom. The summed E-state index contributed by atoms with van der Waals surface area (Å²) < 4.78 is 5.24. The van der Waals surface area contributed by atoms with Gasteiger partial charge >= 0.3 is 0 Å². The number of aliphatic hydroxyl groups is 1. The number of hydrogen-bond donors (Lipinski definition) is 3. The lowest BCUT2D eigenvalue weighted by Crippen LogP contribution is -2.57. The SMILES string of the molecule is CCC(C)(CO)NC(=O)C1(COC)CCNCC1. The van der Waals surface area contributed by atoms with Gasteiger partial charge < -0.3 is 20.5 Å². The molecule has 0 spiro atoms. The first-order chi connectivity index (χ1) is 8.52. The maximum Gasteiger partial charge on any atom is 0.229 e. The van der Waals surface area contributed by atoms with Crippen molar-refractivity contribution in [2.24, 2.45) is 5.41 Å². The van der Waals surface area contributed by atoms with Gasteiger partial charge in [-0.05, 0) is 39.3 Å². The van der Waals surface area contributed by atoms with Gasteiger partial charge in [-0.2, -0.15) is 0 Å². The van der Waals surface area contributed by atoms with Crippen molar-refractivity contribution in [2.75, 3.05) is 33.4 Å². The van der Waals surface area contributed by atoms with Gasteiger partial charge in [0.15, 0.2) is 0 Å². The summed E-state index contributed by atoms with van der Waals surface area (Å²) in [7, 11) is 1.63. The van der Waals surface area contributed by atoms with Crippen LogP contribution in [0.3, 0.4) is 0 Å². The number of carbonyl (C=O) groups is 1. The Morgan fingerprint density at radius 2 is 2.11 bits per heavy atom. The van der Waals surface area contributed by atoms with Crippen molar-refractivity contribution in [2.45, 2.75) is 38.6 Å². The van der Waals surface area contributed by atoms with Crippen LogP contribution in [0.1, 0.15) is 33.1 Å². The van der Waals surface area contributed by atoms with Crippen LogP contribution in [0.4, 0.5) is 0 Å². The van der Waals surface area contributed by atoms with E-state index in [0.717, 1.165) is 25.9 Å². The fourth-order valence-corrected chi connectivity index (χ4v) is 2.26. The van der Waals surface area contributed by atoms with E-state index in [1.807, 2.05) is 13.8 Å². The molecule has 1 unspecified atom stereocenters. The van der Waals surface area contributed by atoms with Crippen molar-refractivity contribution < 1.29 is 14.6 Å². The molecular formula is C13H26N2O3. The van der Waals surface area contributed by atoms with Crippen molar-refractivity contribution in [1.29, 1.82) is 0 Å². The van der Waals surface area contributed by atoms with E-state index < -0.39 is 11.0 Å². The van der Waals surface area contributed by atoms with Gasteiger partial charge in [0.2, 0.25) is 5.91 Å². The Bertz CT molecular complexity index is 266. The van der Waals surface area contributed by atoms with Crippen molar-refractivity contribution in [3.63, 3.8) is 0 Å². The number of ether oxygens (including phenoxy) is 1. The molecule has 1 saturated heterocycles. The van der Waals surface area contributed by atoms with Gasteiger partial charge in [-0.3, -0.25) is 4.79 Å². The van der Waals surface area contributed by atoms with E-state index in [4.69, 9.17) is 4.74 Å². The van der Waals surface area contributed by atoms with Gasteiger partial charge in [0.25, 0.3) is 0 Å². The summed E-state index contributed by atoms with van der Waals surface area (Å²) in [6.07, 6.45) is 2.26. The molecule has 1 fully saturated rings. The summed E-state index contributed by atoms with van der Waals surface area (Å²) in [5, 5.41) is 15.6. The smallest absolute Gasteiger partial charge is 0.229 e. The van der Waals surface area contributed by atoms with Crippen LogP contribution in [0.2, 0.25) is 0 Å². The number of carbonyl (C=O) groups excluding carboxylic acids is 1. The van der Waals surface area contributed by atoms with Crippen LogP contribution in [0.5, 0.6) is 0 Å². The fraction of sp³-hybridized carbons (Fsp3) is 0.923. The van der Waals surface area contributed by atoms with Crippen LogP contribution in [0, 0.1) is 5.41 Å². The summed E-state index contributed by atoms with van der Waals surface area (Å²) in [6, 6.07) is 0. The highest BCUT2D eigenvalue weighted by molar-refractivity contribution is 5.83. The zero-order valence-corrected chi connectivity index (χ0v) is 11.7. The van der Waals surface area contributed by atoms with Crippen LogP contribution in [0.25, 0.3) is 0 Å². The van der Waals surface area contributed by atoms with Gasteiger partial charge in [0.1, 0.15) is 0 Å². The zero-order valence-electron chi connectivity index (χ0n) is 11.7. The quantitative estimate of drug-likeness (QED) is 0.640. The standard InChI is InChI=1S/C13H26N2O3/c1-4-12(2,9-16)15-11(17)13(10-18-3)5-7-14-8-6-13/h14,16H,4-10H2,1-3H3,(H,15,17). The molecule has 1 aliphatic rings. The fourth-order valence-electron chi connectivity index (χ4n) is 2.26. The van der Waals surface area contributed by atoms with Gasteiger partial charge in [-0.1, -0.05) is 6.92 Å². The lowest BCUT2D eigenvalue weighted by Gasteiger charge is -2.39. The third kappa shape index (κ3) is 3.43. The Hall–Kier alpha value is -0.650. The highest BCUT2D eigenvalue weighted by atomic mass is 16.5. The van der Waals surface area contributed by atoms with E-state index >= 15 is 0 Å². The second-order valence-corrected chi connectivity index (χ2v) is 5.49. The molecule has 0 aromatic carbocycles. The first kappa shape index (κ1) is 15.4. The lowest BCUT2D eigenvalue weighted by molar-refractivity contribution is -0.138. The van der Waals surface area contributed by atoms with Gasteiger partial charge in [0.05, 0.1) is 24.2 Å². The number of nitrogens with one attached hydrogen (secondary N) is 2. The van der Waals surface area contributed by atoms with Gasteiger partial charge in [-0.25, -0.2) is 0 Å². The van der Waals surface area contributed by atoms with E-state index in [2.05, 4.69) is 10.6 Å². The lowest BCUT2D eigenvalue weighted by atomic mass is 9.78. The van der Waals surface area contributed by atoms with Gasteiger partial charge in [-0.15, -0.1) is 0 Å². The number of rotatable bonds is 6. The molecule has 0 aromatic rings. The molecule has 0 aliphatic carbocycles. The molecule has 0 radical (unpaired) electrons. The summed E-state index contributed by atoms with van der Waals surface area (Å²) in [4.78, 5) is 12.5. The molecule has 5 heteroatoms. The third-order valence-electron chi connectivity index (χ3n) is 4.01. The molecule has 1 rings (SSSR count). The number of piperidine rings is 1. The van der Waals surface area contributed by atoms with Crippen molar-refractivity contribution >= 4 is 5.91 Å². The normalized spacial score (nSPS) is 22.2. The van der Waals surface area contributed by atoms with Crippen LogP contribution >= 0.6 is 0 Å². The number of amides is 1. The van der Waals surface area contributed by atoms with Crippen molar-refractivity contribution in [3.05, 3.63) is 0 Å². The van der Waals surface area contributed by atoms with Crippen LogP contribution in [-0.2, 0) is 9.53 Å². The molecule has 3 N–H and O–H groups in total. The maximum absolute atomic E-state index is 12.5. The Labute approximate surface area is 109 Å². The molecule has 0 bridgehead atoms. The van der Waals surface area contributed by atoms with Gasteiger partial charge in [0, 0.05) is 7.11 Å².